The van der Waals surface area contributed by atoms with Gasteiger partial charge in [-0.1, -0.05) is 176 Å². The molecule has 2 aromatic heterocycles. The van der Waals surface area contributed by atoms with Gasteiger partial charge in [-0.25, -0.2) is 15.0 Å². The second-order valence-corrected chi connectivity index (χ2v) is 14.7. The van der Waals surface area contributed by atoms with Gasteiger partial charge in [0.15, 0.2) is 17.5 Å². The van der Waals surface area contributed by atoms with Gasteiger partial charge in [0.1, 0.15) is 0 Å². The van der Waals surface area contributed by atoms with Gasteiger partial charge in [0.05, 0.1) is 22.1 Å². The van der Waals surface area contributed by atoms with Crippen molar-refractivity contribution in [2.45, 2.75) is 5.41 Å². The highest BCUT2D eigenvalue weighted by atomic mass is 15.1. The highest BCUT2D eigenvalue weighted by Gasteiger charge is 2.52. The summed E-state index contributed by atoms with van der Waals surface area (Å²) in [5.41, 5.74) is 16.1. The number of fused-ring (bicyclic) bond motifs is 14. The van der Waals surface area contributed by atoms with Crippen LogP contribution in [0.3, 0.4) is 0 Å². The number of hydrogen-bond acceptors (Lipinski definition) is 3. The molecule has 2 aliphatic rings. The standard InChI is InChI=1S/C52H32N4/c1-3-17-33(18-4-1)49-53-50(34-19-5-2-6-20-34)55-51(54-49)40-25-11-16-30-46(40)56-45-29-15-10-23-37(45)38-31-32-44-47(48(38)56)39-24-9-14-28-43(39)52(44)41-26-12-7-21-35(41)36-22-8-13-27-42(36)52/h1-32H. The summed E-state index contributed by atoms with van der Waals surface area (Å²) in [7, 11) is 0. The SMILES string of the molecule is c1ccc(-c2nc(-c3ccccc3)nc(-c3ccccc3-n3c4ccccc4c4ccc5c(c43)-c3ccccc3C53c4ccccc4-c4ccccc43)n2)cc1. The first kappa shape index (κ1) is 31.0. The molecule has 260 valence electrons. The Morgan fingerprint density at radius 2 is 0.821 bits per heavy atom. The Morgan fingerprint density at radius 3 is 1.46 bits per heavy atom. The van der Waals surface area contributed by atoms with E-state index in [2.05, 4.69) is 162 Å². The molecule has 8 aromatic carbocycles. The van der Waals surface area contributed by atoms with Crippen LogP contribution in [0.1, 0.15) is 22.3 Å². The number of para-hydroxylation sites is 2. The van der Waals surface area contributed by atoms with Crippen molar-refractivity contribution in [3.63, 3.8) is 0 Å². The highest BCUT2D eigenvalue weighted by molar-refractivity contribution is 6.17. The first-order valence-electron chi connectivity index (χ1n) is 19.1. The van der Waals surface area contributed by atoms with Gasteiger partial charge < -0.3 is 4.57 Å². The third-order valence-electron chi connectivity index (χ3n) is 11.9. The topological polar surface area (TPSA) is 43.6 Å². The summed E-state index contributed by atoms with van der Waals surface area (Å²) in [6.07, 6.45) is 0. The van der Waals surface area contributed by atoms with E-state index >= 15 is 0 Å². The minimum Gasteiger partial charge on any atom is -0.308 e. The van der Waals surface area contributed by atoms with Gasteiger partial charge in [-0.05, 0) is 57.1 Å². The van der Waals surface area contributed by atoms with Gasteiger partial charge >= 0.3 is 0 Å². The van der Waals surface area contributed by atoms with Crippen LogP contribution in [0.2, 0.25) is 0 Å². The summed E-state index contributed by atoms with van der Waals surface area (Å²) in [4.78, 5) is 15.4. The third kappa shape index (κ3) is 4.15. The lowest BCUT2D eigenvalue weighted by Gasteiger charge is -2.30. The van der Waals surface area contributed by atoms with E-state index in [1.807, 2.05) is 36.4 Å². The maximum Gasteiger partial charge on any atom is 0.166 e. The van der Waals surface area contributed by atoms with Crippen molar-refractivity contribution >= 4 is 21.8 Å². The molecule has 4 nitrogen and oxygen atoms in total. The number of benzene rings is 8. The molecular formula is C52H32N4. The van der Waals surface area contributed by atoms with Crippen LogP contribution in [0.25, 0.3) is 83.9 Å². The van der Waals surface area contributed by atoms with Gasteiger partial charge in [0, 0.05) is 33.0 Å². The first-order chi connectivity index (χ1) is 27.8. The van der Waals surface area contributed by atoms with Crippen molar-refractivity contribution < 1.29 is 0 Å². The summed E-state index contributed by atoms with van der Waals surface area (Å²) in [6, 6.07) is 69.6. The molecule has 0 N–H and O–H groups in total. The zero-order valence-corrected chi connectivity index (χ0v) is 30.3. The predicted octanol–water partition coefficient (Wildman–Crippen LogP) is 12.3. The molecule has 12 rings (SSSR count). The second-order valence-electron chi connectivity index (χ2n) is 14.7. The molecule has 0 atom stereocenters. The van der Waals surface area contributed by atoms with Gasteiger partial charge in [-0.15, -0.1) is 0 Å². The van der Waals surface area contributed by atoms with E-state index in [1.54, 1.807) is 0 Å². The van der Waals surface area contributed by atoms with Crippen LogP contribution >= 0.6 is 0 Å². The van der Waals surface area contributed by atoms with E-state index in [0.717, 1.165) is 27.9 Å². The van der Waals surface area contributed by atoms with E-state index in [9.17, 15) is 0 Å². The van der Waals surface area contributed by atoms with Crippen LogP contribution in [-0.4, -0.2) is 19.5 Å². The third-order valence-corrected chi connectivity index (χ3v) is 11.9. The van der Waals surface area contributed by atoms with Crippen molar-refractivity contribution in [3.05, 3.63) is 216 Å². The number of nitrogens with zero attached hydrogens (tertiary/aromatic N) is 4. The minimum atomic E-state index is -0.447. The average molecular weight is 713 g/mol. The van der Waals surface area contributed by atoms with Gasteiger partial charge in [-0.3, -0.25) is 0 Å². The molecule has 4 heteroatoms. The van der Waals surface area contributed by atoms with Crippen molar-refractivity contribution in [1.82, 2.24) is 19.5 Å². The smallest absolute Gasteiger partial charge is 0.166 e. The lowest BCUT2D eigenvalue weighted by Crippen LogP contribution is -2.25. The molecule has 10 aromatic rings. The normalized spacial score (nSPS) is 13.1. The monoisotopic (exact) mass is 712 g/mol. The maximum atomic E-state index is 5.21. The van der Waals surface area contributed by atoms with Gasteiger partial charge in [-0.2, -0.15) is 0 Å². The van der Waals surface area contributed by atoms with Crippen LogP contribution in [0.5, 0.6) is 0 Å². The maximum absolute atomic E-state index is 5.21. The number of aromatic nitrogens is 4. The van der Waals surface area contributed by atoms with Gasteiger partial charge in [0.2, 0.25) is 0 Å². The summed E-state index contributed by atoms with van der Waals surface area (Å²) in [5.74, 6) is 1.91. The lowest BCUT2D eigenvalue weighted by molar-refractivity contribution is 0.794. The Bertz CT molecular complexity index is 3090. The van der Waals surface area contributed by atoms with E-state index in [0.29, 0.717) is 17.5 Å². The van der Waals surface area contributed by atoms with Crippen LogP contribution in [0.4, 0.5) is 0 Å². The minimum absolute atomic E-state index is 0.447. The highest BCUT2D eigenvalue weighted by Crippen LogP contribution is 2.64. The molecule has 56 heavy (non-hydrogen) atoms. The van der Waals surface area contributed by atoms with Gasteiger partial charge in [0.25, 0.3) is 0 Å². The quantitative estimate of drug-likeness (QED) is 0.182. The van der Waals surface area contributed by atoms with Crippen molar-refractivity contribution in [2.75, 3.05) is 0 Å². The molecule has 0 unspecified atom stereocenters. The summed E-state index contributed by atoms with van der Waals surface area (Å²) < 4.78 is 2.47. The molecule has 2 heterocycles. The summed E-state index contributed by atoms with van der Waals surface area (Å²) in [6.45, 7) is 0. The zero-order chi connectivity index (χ0) is 36.8. The Hall–Kier alpha value is -7.43. The molecule has 2 aliphatic carbocycles. The summed E-state index contributed by atoms with van der Waals surface area (Å²) in [5, 5.41) is 2.42. The fraction of sp³-hybridized carbons (Fsp3) is 0.0192. The van der Waals surface area contributed by atoms with E-state index in [1.165, 1.54) is 60.8 Å². The van der Waals surface area contributed by atoms with Crippen molar-refractivity contribution in [3.8, 4) is 62.1 Å². The number of hydrogen-bond donors (Lipinski definition) is 0. The van der Waals surface area contributed by atoms with Crippen LogP contribution < -0.4 is 0 Å². The van der Waals surface area contributed by atoms with E-state index < -0.39 is 5.41 Å². The molecule has 0 saturated carbocycles. The Kier molecular flexibility index (Phi) is 6.52. The molecule has 1 spiro atoms. The molecule has 0 radical (unpaired) electrons. The van der Waals surface area contributed by atoms with Crippen molar-refractivity contribution in [1.29, 1.82) is 0 Å². The fourth-order valence-corrected chi connectivity index (χ4v) is 9.67. The molecule has 0 fully saturated rings. The predicted molar refractivity (Wildman–Crippen MR) is 227 cm³/mol. The van der Waals surface area contributed by atoms with Crippen LogP contribution in [0.15, 0.2) is 194 Å². The van der Waals surface area contributed by atoms with Crippen LogP contribution in [0, 0.1) is 0 Å². The fourth-order valence-electron chi connectivity index (χ4n) is 9.67. The van der Waals surface area contributed by atoms with E-state index in [-0.39, 0.29) is 0 Å². The molecular weight excluding hydrogens is 681 g/mol. The Labute approximate surface area is 324 Å². The number of rotatable bonds is 4. The lowest BCUT2D eigenvalue weighted by atomic mass is 9.70. The Morgan fingerprint density at radius 1 is 0.339 bits per heavy atom. The van der Waals surface area contributed by atoms with E-state index in [4.69, 9.17) is 15.0 Å². The summed E-state index contributed by atoms with van der Waals surface area (Å²) >= 11 is 0. The Balaban J connectivity index is 1.19. The molecule has 0 bridgehead atoms. The molecule has 0 amide bonds. The second kappa shape index (κ2) is 11.8. The van der Waals surface area contributed by atoms with Crippen LogP contribution in [-0.2, 0) is 5.41 Å². The largest absolute Gasteiger partial charge is 0.308 e. The zero-order valence-electron chi connectivity index (χ0n) is 30.3. The molecule has 0 aliphatic heterocycles. The average Bonchev–Trinajstić information content (AvgIpc) is 3.89. The van der Waals surface area contributed by atoms with Crippen molar-refractivity contribution in [2.24, 2.45) is 0 Å². The molecule has 0 saturated heterocycles. The first-order valence-corrected chi connectivity index (χ1v) is 19.1.